The highest BCUT2D eigenvalue weighted by atomic mass is 16.7. The van der Waals surface area contributed by atoms with Crippen molar-refractivity contribution in [2.45, 2.75) is 31.5 Å². The van der Waals surface area contributed by atoms with E-state index in [1.54, 1.807) is 0 Å². The highest BCUT2D eigenvalue weighted by Crippen LogP contribution is 2.38. The van der Waals surface area contributed by atoms with Crippen molar-refractivity contribution in [3.05, 3.63) is 18.4 Å². The lowest BCUT2D eigenvalue weighted by molar-refractivity contribution is -0.180. The van der Waals surface area contributed by atoms with Gasteiger partial charge in [-0.3, -0.25) is 0 Å². The zero-order valence-corrected chi connectivity index (χ0v) is 7.92. The normalized spacial score (nSPS) is 27.4. The summed E-state index contributed by atoms with van der Waals surface area (Å²) in [7, 11) is 0. The molecule has 2 heteroatoms. The highest BCUT2D eigenvalue weighted by molar-refractivity contribution is 4.91. The van der Waals surface area contributed by atoms with Crippen molar-refractivity contribution in [1.29, 1.82) is 0 Å². The van der Waals surface area contributed by atoms with Gasteiger partial charge in [-0.1, -0.05) is 6.58 Å². The Bertz CT molecular complexity index is 212. The molecule has 0 bridgehead atoms. The average Bonchev–Trinajstić information content (AvgIpc) is 2.59. The van der Waals surface area contributed by atoms with Crippen LogP contribution >= 0.6 is 0 Å². The van der Waals surface area contributed by atoms with Crippen LogP contribution in [0.1, 0.15) is 25.7 Å². The molecule has 0 aromatic rings. The Hall–Kier alpha value is -0.560. The van der Waals surface area contributed by atoms with Crippen LogP contribution in [0.3, 0.4) is 0 Å². The lowest BCUT2D eigenvalue weighted by Gasteiger charge is -2.34. The van der Waals surface area contributed by atoms with Gasteiger partial charge in [-0.05, 0) is 24.8 Å². The van der Waals surface area contributed by atoms with Crippen LogP contribution in [-0.4, -0.2) is 19.0 Å². The Labute approximate surface area is 79.2 Å². The third-order valence-corrected chi connectivity index (χ3v) is 2.96. The molecule has 0 aromatic carbocycles. The highest BCUT2D eigenvalue weighted by Gasteiger charge is 2.39. The summed E-state index contributed by atoms with van der Waals surface area (Å²) in [6, 6.07) is 0. The van der Waals surface area contributed by atoms with E-state index in [1.165, 1.54) is 0 Å². The van der Waals surface area contributed by atoms with E-state index in [4.69, 9.17) is 9.47 Å². The van der Waals surface area contributed by atoms with Gasteiger partial charge in [0.1, 0.15) is 0 Å². The van der Waals surface area contributed by atoms with Crippen LogP contribution in [0, 0.1) is 5.92 Å². The number of hydrogen-bond donors (Lipinski definition) is 0. The molecule has 1 spiro atoms. The van der Waals surface area contributed by atoms with E-state index >= 15 is 0 Å². The first-order valence-corrected chi connectivity index (χ1v) is 4.98. The van der Waals surface area contributed by atoms with Gasteiger partial charge in [0, 0.05) is 12.8 Å². The Morgan fingerprint density at radius 1 is 1.23 bits per heavy atom. The van der Waals surface area contributed by atoms with Crippen molar-refractivity contribution in [3.63, 3.8) is 0 Å². The van der Waals surface area contributed by atoms with Crippen molar-refractivity contribution >= 4 is 0 Å². The van der Waals surface area contributed by atoms with Gasteiger partial charge < -0.3 is 9.47 Å². The van der Waals surface area contributed by atoms with Crippen LogP contribution < -0.4 is 0 Å². The van der Waals surface area contributed by atoms with E-state index < -0.39 is 0 Å². The molecule has 1 heterocycles. The zero-order valence-electron chi connectivity index (χ0n) is 7.92. The number of allylic oxidation sites excluding steroid dienone is 1. The summed E-state index contributed by atoms with van der Waals surface area (Å²) >= 11 is 0. The van der Waals surface area contributed by atoms with Gasteiger partial charge in [0.2, 0.25) is 0 Å². The fourth-order valence-corrected chi connectivity index (χ4v) is 2.20. The summed E-state index contributed by atoms with van der Waals surface area (Å²) < 4.78 is 11.3. The number of hydrogen-bond acceptors (Lipinski definition) is 2. The smallest absolute Gasteiger partial charge is 0.168 e. The molecule has 0 N–H and O–H groups in total. The first-order valence-electron chi connectivity index (χ1n) is 4.98. The van der Waals surface area contributed by atoms with Crippen molar-refractivity contribution < 1.29 is 9.47 Å². The first kappa shape index (κ1) is 9.01. The van der Waals surface area contributed by atoms with Crippen LogP contribution in [0.15, 0.2) is 18.4 Å². The fraction of sp³-hybridized carbons (Fsp3) is 0.727. The third kappa shape index (κ3) is 1.86. The molecule has 0 radical (unpaired) electrons. The fourth-order valence-electron chi connectivity index (χ4n) is 2.20. The SMILES string of the molecule is C=C=CC1CCC2(CC1)OCCO2. The third-order valence-electron chi connectivity index (χ3n) is 2.96. The van der Waals surface area contributed by atoms with Crippen LogP contribution in [0.25, 0.3) is 0 Å². The molecule has 0 unspecified atom stereocenters. The molecule has 2 fully saturated rings. The molecule has 1 saturated heterocycles. The van der Waals surface area contributed by atoms with E-state index in [2.05, 4.69) is 18.4 Å². The average molecular weight is 180 g/mol. The summed E-state index contributed by atoms with van der Waals surface area (Å²) in [6.07, 6.45) is 6.40. The number of ether oxygens (including phenoxy) is 2. The van der Waals surface area contributed by atoms with Gasteiger partial charge in [0.25, 0.3) is 0 Å². The molecule has 1 aliphatic carbocycles. The van der Waals surface area contributed by atoms with Crippen LogP contribution in [-0.2, 0) is 9.47 Å². The second-order valence-electron chi connectivity index (χ2n) is 3.82. The predicted molar refractivity (Wildman–Crippen MR) is 50.3 cm³/mol. The van der Waals surface area contributed by atoms with Gasteiger partial charge in [-0.2, -0.15) is 0 Å². The number of rotatable bonds is 1. The quantitative estimate of drug-likeness (QED) is 0.576. The molecule has 13 heavy (non-hydrogen) atoms. The lowest BCUT2D eigenvalue weighted by Crippen LogP contribution is -2.34. The van der Waals surface area contributed by atoms with E-state index in [1.807, 2.05) is 0 Å². The minimum Gasteiger partial charge on any atom is -0.348 e. The standard InChI is InChI=1S/C11H16O2/c1-2-3-10-4-6-11(7-5-10)12-8-9-13-11/h3,10H,1,4-9H2. The maximum Gasteiger partial charge on any atom is 0.168 e. The Kier molecular flexibility index (Phi) is 2.54. The monoisotopic (exact) mass is 180 g/mol. The summed E-state index contributed by atoms with van der Waals surface area (Å²) in [6.45, 7) is 5.13. The van der Waals surface area contributed by atoms with Crippen molar-refractivity contribution in [2.24, 2.45) is 5.92 Å². The second-order valence-corrected chi connectivity index (χ2v) is 3.82. The maximum atomic E-state index is 5.64. The van der Waals surface area contributed by atoms with Crippen molar-refractivity contribution in [1.82, 2.24) is 0 Å². The first-order chi connectivity index (χ1) is 6.35. The lowest BCUT2D eigenvalue weighted by atomic mass is 9.85. The van der Waals surface area contributed by atoms with Gasteiger partial charge >= 0.3 is 0 Å². The second kappa shape index (κ2) is 3.67. The molecule has 2 aliphatic rings. The molecular formula is C11H16O2. The van der Waals surface area contributed by atoms with Gasteiger partial charge in [0.15, 0.2) is 5.79 Å². The minimum absolute atomic E-state index is 0.217. The van der Waals surface area contributed by atoms with E-state index in [-0.39, 0.29) is 5.79 Å². The van der Waals surface area contributed by atoms with Crippen LogP contribution in [0.2, 0.25) is 0 Å². The summed E-state index contributed by atoms with van der Waals surface area (Å²) in [5.74, 6) is 0.418. The van der Waals surface area contributed by atoms with E-state index in [0.717, 1.165) is 38.9 Å². The summed E-state index contributed by atoms with van der Waals surface area (Å²) in [5.41, 5.74) is 2.86. The van der Waals surface area contributed by atoms with Crippen LogP contribution in [0.4, 0.5) is 0 Å². The molecule has 0 amide bonds. The van der Waals surface area contributed by atoms with Gasteiger partial charge in [-0.25, -0.2) is 0 Å². The predicted octanol–water partition coefficient (Wildman–Crippen LogP) is 2.26. The maximum absolute atomic E-state index is 5.64. The van der Waals surface area contributed by atoms with Gasteiger partial charge in [-0.15, -0.1) is 5.73 Å². The molecule has 1 aliphatic heterocycles. The van der Waals surface area contributed by atoms with Crippen LogP contribution in [0.5, 0.6) is 0 Å². The van der Waals surface area contributed by atoms with E-state index in [9.17, 15) is 0 Å². The molecular weight excluding hydrogens is 164 g/mol. The summed E-state index contributed by atoms with van der Waals surface area (Å²) in [4.78, 5) is 0. The molecule has 72 valence electrons. The van der Waals surface area contributed by atoms with E-state index in [0.29, 0.717) is 5.92 Å². The molecule has 1 saturated carbocycles. The minimum atomic E-state index is -0.217. The molecule has 2 rings (SSSR count). The Balaban J connectivity index is 1.91. The van der Waals surface area contributed by atoms with Crippen molar-refractivity contribution in [2.75, 3.05) is 13.2 Å². The molecule has 0 aromatic heterocycles. The topological polar surface area (TPSA) is 18.5 Å². The molecule has 0 atom stereocenters. The van der Waals surface area contributed by atoms with Gasteiger partial charge in [0.05, 0.1) is 13.2 Å². The Morgan fingerprint density at radius 3 is 2.38 bits per heavy atom. The molecule has 2 nitrogen and oxygen atoms in total. The zero-order chi connectivity index (χ0) is 9.15. The Morgan fingerprint density at radius 2 is 1.85 bits per heavy atom. The summed E-state index contributed by atoms with van der Waals surface area (Å²) in [5, 5.41) is 0. The largest absolute Gasteiger partial charge is 0.348 e. The van der Waals surface area contributed by atoms with Crippen molar-refractivity contribution in [3.8, 4) is 0 Å².